The van der Waals surface area contributed by atoms with Gasteiger partial charge in [0.1, 0.15) is 0 Å². The van der Waals surface area contributed by atoms with Gasteiger partial charge in [-0.2, -0.15) is 11.8 Å². The molecule has 0 unspecified atom stereocenters. The summed E-state index contributed by atoms with van der Waals surface area (Å²) in [5.41, 5.74) is 0.695. The van der Waals surface area contributed by atoms with Crippen molar-refractivity contribution in [2.45, 2.75) is 0 Å². The molecule has 0 aromatic heterocycles. The molecule has 0 saturated carbocycles. The molecule has 0 bridgehead atoms. The number of thioether (sulfide) groups is 1. The smallest absolute Gasteiger partial charge is 0.251 e. The Morgan fingerprint density at radius 2 is 2.36 bits per heavy atom. The molecule has 0 spiro atoms. The molecule has 4 heteroatoms. The van der Waals surface area contributed by atoms with Gasteiger partial charge in [0, 0.05) is 22.3 Å². The summed E-state index contributed by atoms with van der Waals surface area (Å²) in [5, 5.41) is 2.85. The molecule has 2 nitrogen and oxygen atoms in total. The van der Waals surface area contributed by atoms with E-state index in [9.17, 15) is 4.79 Å². The van der Waals surface area contributed by atoms with E-state index in [0.717, 1.165) is 10.2 Å². The van der Waals surface area contributed by atoms with Crippen molar-refractivity contribution in [3.8, 4) is 0 Å². The minimum atomic E-state index is -0.0136. The third kappa shape index (κ3) is 3.72. The summed E-state index contributed by atoms with van der Waals surface area (Å²) in [6, 6.07) is 7.37. The van der Waals surface area contributed by atoms with E-state index < -0.39 is 0 Å². The van der Waals surface area contributed by atoms with E-state index in [4.69, 9.17) is 0 Å². The van der Waals surface area contributed by atoms with Crippen LogP contribution >= 0.6 is 27.7 Å². The van der Waals surface area contributed by atoms with Crippen LogP contribution in [0.4, 0.5) is 0 Å². The number of hydrogen-bond donors (Lipinski definition) is 1. The van der Waals surface area contributed by atoms with Crippen molar-refractivity contribution in [3.63, 3.8) is 0 Å². The van der Waals surface area contributed by atoms with E-state index in [0.29, 0.717) is 12.1 Å². The van der Waals surface area contributed by atoms with Crippen molar-refractivity contribution >= 4 is 33.6 Å². The van der Waals surface area contributed by atoms with Crippen LogP contribution < -0.4 is 5.32 Å². The number of amides is 1. The molecule has 0 fully saturated rings. The number of hydrogen-bond acceptors (Lipinski definition) is 2. The highest BCUT2D eigenvalue weighted by atomic mass is 79.9. The topological polar surface area (TPSA) is 29.1 Å². The molecule has 0 heterocycles. The van der Waals surface area contributed by atoms with Gasteiger partial charge in [0.25, 0.3) is 5.91 Å². The highest BCUT2D eigenvalue weighted by Crippen LogP contribution is 2.11. The van der Waals surface area contributed by atoms with Gasteiger partial charge in [-0.05, 0) is 24.5 Å². The lowest BCUT2D eigenvalue weighted by Crippen LogP contribution is -2.25. The molecule has 14 heavy (non-hydrogen) atoms. The molecule has 1 aromatic rings. The van der Waals surface area contributed by atoms with E-state index in [2.05, 4.69) is 21.2 Å². The third-order valence-electron chi connectivity index (χ3n) is 1.68. The molecule has 0 saturated heterocycles. The van der Waals surface area contributed by atoms with Gasteiger partial charge < -0.3 is 5.32 Å². The number of rotatable bonds is 4. The Labute approximate surface area is 96.6 Å². The fourth-order valence-corrected chi connectivity index (χ4v) is 1.70. The molecule has 1 aromatic carbocycles. The number of carbonyl (C=O) groups is 1. The number of halogens is 1. The molecule has 1 rings (SSSR count). The number of benzene rings is 1. The van der Waals surface area contributed by atoms with Crippen LogP contribution in [0.5, 0.6) is 0 Å². The summed E-state index contributed by atoms with van der Waals surface area (Å²) in [7, 11) is 0. The lowest BCUT2D eigenvalue weighted by atomic mass is 10.2. The summed E-state index contributed by atoms with van der Waals surface area (Å²) in [6.45, 7) is 0.715. The lowest BCUT2D eigenvalue weighted by molar-refractivity contribution is 0.0956. The maximum atomic E-state index is 11.5. The van der Waals surface area contributed by atoms with E-state index in [1.165, 1.54) is 0 Å². The van der Waals surface area contributed by atoms with Crippen LogP contribution in [-0.2, 0) is 0 Å². The molecule has 0 atom stereocenters. The van der Waals surface area contributed by atoms with E-state index in [1.54, 1.807) is 17.8 Å². The van der Waals surface area contributed by atoms with Gasteiger partial charge in [-0.25, -0.2) is 0 Å². The lowest BCUT2D eigenvalue weighted by Gasteiger charge is -2.03. The minimum Gasteiger partial charge on any atom is -0.351 e. The largest absolute Gasteiger partial charge is 0.351 e. The van der Waals surface area contributed by atoms with Crippen molar-refractivity contribution in [1.29, 1.82) is 0 Å². The monoisotopic (exact) mass is 273 g/mol. The predicted molar refractivity (Wildman–Crippen MR) is 64.9 cm³/mol. The maximum Gasteiger partial charge on any atom is 0.251 e. The van der Waals surface area contributed by atoms with Crippen LogP contribution in [0.1, 0.15) is 10.4 Å². The highest BCUT2D eigenvalue weighted by Gasteiger charge is 2.03. The Bertz CT molecular complexity index is 317. The molecule has 76 valence electrons. The van der Waals surface area contributed by atoms with Crippen molar-refractivity contribution < 1.29 is 4.79 Å². The van der Waals surface area contributed by atoms with Crippen LogP contribution in [-0.4, -0.2) is 24.5 Å². The zero-order valence-corrected chi connectivity index (χ0v) is 10.3. The second kappa shape index (κ2) is 6.09. The SMILES string of the molecule is CSCCNC(=O)c1cccc(Br)c1. The maximum absolute atomic E-state index is 11.5. The first-order valence-corrected chi connectivity index (χ1v) is 6.45. The van der Waals surface area contributed by atoms with E-state index >= 15 is 0 Å². The first-order chi connectivity index (χ1) is 6.74. The fraction of sp³-hybridized carbons (Fsp3) is 0.300. The molecular weight excluding hydrogens is 262 g/mol. The predicted octanol–water partition coefficient (Wildman–Crippen LogP) is 2.54. The van der Waals surface area contributed by atoms with Gasteiger partial charge in [0.05, 0.1) is 0 Å². The Kier molecular flexibility index (Phi) is 5.04. The van der Waals surface area contributed by atoms with Gasteiger partial charge >= 0.3 is 0 Å². The summed E-state index contributed by atoms with van der Waals surface area (Å²) in [6.07, 6.45) is 2.02. The average Bonchev–Trinajstić information content (AvgIpc) is 2.18. The van der Waals surface area contributed by atoms with Gasteiger partial charge in [-0.1, -0.05) is 22.0 Å². The second-order valence-electron chi connectivity index (χ2n) is 2.76. The molecule has 1 amide bonds. The summed E-state index contributed by atoms with van der Waals surface area (Å²) < 4.78 is 0.926. The van der Waals surface area contributed by atoms with Gasteiger partial charge in [0.2, 0.25) is 0 Å². The molecule has 0 aliphatic rings. The Balaban J connectivity index is 2.52. The first-order valence-electron chi connectivity index (χ1n) is 4.26. The quantitative estimate of drug-likeness (QED) is 0.855. The normalized spacial score (nSPS) is 9.86. The average molecular weight is 274 g/mol. The second-order valence-corrected chi connectivity index (χ2v) is 4.66. The van der Waals surface area contributed by atoms with Crippen molar-refractivity contribution in [1.82, 2.24) is 5.32 Å². The first kappa shape index (κ1) is 11.6. The fourth-order valence-electron chi connectivity index (χ4n) is 0.998. The van der Waals surface area contributed by atoms with Crippen molar-refractivity contribution in [3.05, 3.63) is 34.3 Å². The summed E-state index contributed by atoms with van der Waals surface area (Å²) in [5.74, 6) is 0.931. The minimum absolute atomic E-state index is 0.0136. The molecule has 0 aliphatic heterocycles. The number of carbonyl (C=O) groups excluding carboxylic acids is 1. The van der Waals surface area contributed by atoms with E-state index in [-0.39, 0.29) is 5.91 Å². The van der Waals surface area contributed by atoms with Crippen molar-refractivity contribution in [2.24, 2.45) is 0 Å². The van der Waals surface area contributed by atoms with Crippen LogP contribution in [0.15, 0.2) is 28.7 Å². The molecular formula is C10H12BrNOS. The van der Waals surface area contributed by atoms with Crippen LogP contribution in [0.2, 0.25) is 0 Å². The zero-order valence-electron chi connectivity index (χ0n) is 7.92. The Hall–Kier alpha value is -0.480. The van der Waals surface area contributed by atoms with Gasteiger partial charge in [-0.3, -0.25) is 4.79 Å². The highest BCUT2D eigenvalue weighted by molar-refractivity contribution is 9.10. The Morgan fingerprint density at radius 3 is 3.00 bits per heavy atom. The molecule has 1 N–H and O–H groups in total. The zero-order chi connectivity index (χ0) is 10.4. The van der Waals surface area contributed by atoms with Gasteiger partial charge in [0.15, 0.2) is 0 Å². The summed E-state index contributed by atoms with van der Waals surface area (Å²) in [4.78, 5) is 11.5. The number of nitrogens with one attached hydrogen (secondary N) is 1. The molecule has 0 aliphatic carbocycles. The summed E-state index contributed by atoms with van der Waals surface area (Å²) >= 11 is 5.05. The van der Waals surface area contributed by atoms with E-state index in [1.807, 2.05) is 24.5 Å². The van der Waals surface area contributed by atoms with Crippen LogP contribution in [0.3, 0.4) is 0 Å². The van der Waals surface area contributed by atoms with Crippen molar-refractivity contribution in [2.75, 3.05) is 18.6 Å². The Morgan fingerprint density at radius 1 is 1.57 bits per heavy atom. The molecule has 0 radical (unpaired) electrons. The standard InChI is InChI=1S/C10H12BrNOS/c1-14-6-5-12-10(13)8-3-2-4-9(11)7-8/h2-4,7H,5-6H2,1H3,(H,12,13). The van der Waals surface area contributed by atoms with Crippen LogP contribution in [0.25, 0.3) is 0 Å². The van der Waals surface area contributed by atoms with Crippen LogP contribution in [0, 0.1) is 0 Å². The third-order valence-corrected chi connectivity index (χ3v) is 2.78. The van der Waals surface area contributed by atoms with Gasteiger partial charge in [-0.15, -0.1) is 0 Å².